The van der Waals surface area contributed by atoms with Crippen LogP contribution in [0.4, 0.5) is 0 Å². The summed E-state index contributed by atoms with van der Waals surface area (Å²) in [6.07, 6.45) is 2.59. The summed E-state index contributed by atoms with van der Waals surface area (Å²) in [4.78, 5) is 28.0. The van der Waals surface area contributed by atoms with Crippen LogP contribution in [-0.4, -0.2) is 41.2 Å². The number of piperidine rings is 1. The molecule has 0 saturated carbocycles. The first-order chi connectivity index (χ1) is 11.0. The monoisotopic (exact) mass is 316 g/mol. The second-order valence-electron chi connectivity index (χ2n) is 6.68. The zero-order valence-corrected chi connectivity index (χ0v) is 14.5. The van der Waals surface area contributed by atoms with Crippen LogP contribution in [0.3, 0.4) is 0 Å². The van der Waals surface area contributed by atoms with Crippen molar-refractivity contribution in [2.45, 2.75) is 46.6 Å². The molecular formula is C19H28N2O2. The molecule has 1 saturated heterocycles. The van der Waals surface area contributed by atoms with Crippen molar-refractivity contribution in [1.29, 1.82) is 0 Å². The number of likely N-dealkylation sites (tertiary alicyclic amines) is 1. The van der Waals surface area contributed by atoms with Gasteiger partial charge in [-0.1, -0.05) is 31.2 Å². The SMILES string of the molecule is CC(=O)N(CCC(=O)N1CCC(C)CC1)Cc1ccccc1C. The third-order valence-electron chi connectivity index (χ3n) is 4.80. The maximum Gasteiger partial charge on any atom is 0.224 e. The van der Waals surface area contributed by atoms with Crippen LogP contribution in [0, 0.1) is 12.8 Å². The van der Waals surface area contributed by atoms with Gasteiger partial charge in [0.2, 0.25) is 11.8 Å². The number of aryl methyl sites for hydroxylation is 1. The molecule has 0 bridgehead atoms. The minimum Gasteiger partial charge on any atom is -0.343 e. The third kappa shape index (κ3) is 5.08. The molecule has 1 fully saturated rings. The summed E-state index contributed by atoms with van der Waals surface area (Å²) >= 11 is 0. The topological polar surface area (TPSA) is 40.6 Å². The highest BCUT2D eigenvalue weighted by atomic mass is 16.2. The lowest BCUT2D eigenvalue weighted by molar-refractivity contribution is -0.134. The van der Waals surface area contributed by atoms with Crippen molar-refractivity contribution in [1.82, 2.24) is 9.80 Å². The summed E-state index contributed by atoms with van der Waals surface area (Å²) in [5, 5.41) is 0. The van der Waals surface area contributed by atoms with Crippen molar-refractivity contribution in [3.05, 3.63) is 35.4 Å². The van der Waals surface area contributed by atoms with E-state index in [4.69, 9.17) is 0 Å². The first-order valence-electron chi connectivity index (χ1n) is 8.55. The zero-order chi connectivity index (χ0) is 16.8. The molecule has 0 aliphatic carbocycles. The molecule has 0 radical (unpaired) electrons. The molecule has 1 aromatic carbocycles. The van der Waals surface area contributed by atoms with Gasteiger partial charge in [-0.2, -0.15) is 0 Å². The summed E-state index contributed by atoms with van der Waals surface area (Å²) in [7, 11) is 0. The summed E-state index contributed by atoms with van der Waals surface area (Å²) < 4.78 is 0. The molecule has 1 aromatic rings. The van der Waals surface area contributed by atoms with Crippen LogP contribution in [0.1, 0.15) is 44.2 Å². The van der Waals surface area contributed by atoms with Gasteiger partial charge >= 0.3 is 0 Å². The second kappa shape index (κ2) is 8.14. The Labute approximate surface area is 139 Å². The third-order valence-corrected chi connectivity index (χ3v) is 4.80. The Hall–Kier alpha value is -1.84. The molecule has 0 spiro atoms. The Bertz CT molecular complexity index is 548. The molecule has 2 amide bonds. The summed E-state index contributed by atoms with van der Waals surface area (Å²) in [5.74, 6) is 0.912. The largest absolute Gasteiger partial charge is 0.343 e. The van der Waals surface area contributed by atoms with E-state index in [-0.39, 0.29) is 11.8 Å². The van der Waals surface area contributed by atoms with Gasteiger partial charge in [0.05, 0.1) is 0 Å². The molecule has 0 unspecified atom stereocenters. The lowest BCUT2D eigenvalue weighted by atomic mass is 9.99. The van der Waals surface area contributed by atoms with Crippen LogP contribution < -0.4 is 0 Å². The van der Waals surface area contributed by atoms with E-state index in [1.165, 1.54) is 5.56 Å². The van der Waals surface area contributed by atoms with Crippen LogP contribution in [-0.2, 0) is 16.1 Å². The molecule has 4 heteroatoms. The Balaban J connectivity index is 1.89. The van der Waals surface area contributed by atoms with Gasteiger partial charge < -0.3 is 9.80 Å². The van der Waals surface area contributed by atoms with Crippen molar-refractivity contribution in [2.24, 2.45) is 5.92 Å². The van der Waals surface area contributed by atoms with Crippen molar-refractivity contribution in [3.8, 4) is 0 Å². The van der Waals surface area contributed by atoms with Crippen molar-refractivity contribution < 1.29 is 9.59 Å². The van der Waals surface area contributed by atoms with Crippen LogP contribution in [0.2, 0.25) is 0 Å². The van der Waals surface area contributed by atoms with E-state index in [1.807, 2.05) is 36.1 Å². The average Bonchev–Trinajstić information content (AvgIpc) is 2.53. The summed E-state index contributed by atoms with van der Waals surface area (Å²) in [6.45, 7) is 8.65. The molecular weight excluding hydrogens is 288 g/mol. The van der Waals surface area contributed by atoms with Gasteiger partial charge in [0.25, 0.3) is 0 Å². The standard InChI is InChI=1S/C19H28N2O2/c1-15-8-11-20(12-9-15)19(23)10-13-21(17(3)22)14-18-7-5-4-6-16(18)2/h4-7,15H,8-14H2,1-3H3. The first kappa shape index (κ1) is 17.5. The normalized spacial score (nSPS) is 15.5. The number of carbonyl (C=O) groups is 2. The molecule has 1 aliphatic rings. The van der Waals surface area contributed by atoms with Gasteiger partial charge in [-0.3, -0.25) is 9.59 Å². The van der Waals surface area contributed by atoms with Crippen LogP contribution in [0.15, 0.2) is 24.3 Å². The number of hydrogen-bond donors (Lipinski definition) is 0. The number of amides is 2. The maximum absolute atomic E-state index is 12.3. The quantitative estimate of drug-likeness (QED) is 0.838. The number of carbonyl (C=O) groups excluding carboxylic acids is 2. The van der Waals surface area contributed by atoms with Crippen LogP contribution in [0.5, 0.6) is 0 Å². The van der Waals surface area contributed by atoms with Gasteiger partial charge in [0, 0.05) is 39.5 Å². The van der Waals surface area contributed by atoms with E-state index < -0.39 is 0 Å². The zero-order valence-electron chi connectivity index (χ0n) is 14.5. The van der Waals surface area contributed by atoms with Gasteiger partial charge in [-0.15, -0.1) is 0 Å². The minimum absolute atomic E-state index is 0.0216. The fraction of sp³-hybridized carbons (Fsp3) is 0.579. The van der Waals surface area contributed by atoms with Gasteiger partial charge in [-0.25, -0.2) is 0 Å². The van der Waals surface area contributed by atoms with Gasteiger partial charge in [-0.05, 0) is 36.8 Å². The van der Waals surface area contributed by atoms with E-state index in [1.54, 1.807) is 11.8 Å². The van der Waals surface area contributed by atoms with E-state index in [9.17, 15) is 9.59 Å². The fourth-order valence-corrected chi connectivity index (χ4v) is 2.99. The Morgan fingerprint density at radius 1 is 1.22 bits per heavy atom. The van der Waals surface area contributed by atoms with E-state index in [2.05, 4.69) is 6.92 Å². The minimum atomic E-state index is 0.0216. The molecule has 2 rings (SSSR count). The second-order valence-corrected chi connectivity index (χ2v) is 6.68. The maximum atomic E-state index is 12.3. The molecule has 4 nitrogen and oxygen atoms in total. The Morgan fingerprint density at radius 3 is 2.48 bits per heavy atom. The molecule has 0 atom stereocenters. The van der Waals surface area contributed by atoms with E-state index in [0.29, 0.717) is 25.4 Å². The van der Waals surface area contributed by atoms with Crippen LogP contribution >= 0.6 is 0 Å². The average molecular weight is 316 g/mol. The highest BCUT2D eigenvalue weighted by Crippen LogP contribution is 2.17. The van der Waals surface area contributed by atoms with Crippen molar-refractivity contribution in [2.75, 3.05) is 19.6 Å². The predicted octanol–water partition coefficient (Wildman–Crippen LogP) is 2.99. The number of hydrogen-bond acceptors (Lipinski definition) is 2. The number of benzene rings is 1. The lowest BCUT2D eigenvalue weighted by Crippen LogP contribution is -2.40. The molecule has 0 N–H and O–H groups in total. The molecule has 0 aromatic heterocycles. The Kier molecular flexibility index (Phi) is 6.20. The number of nitrogens with zero attached hydrogens (tertiary/aromatic N) is 2. The van der Waals surface area contributed by atoms with E-state index in [0.717, 1.165) is 31.5 Å². The highest BCUT2D eigenvalue weighted by Gasteiger charge is 2.21. The fourth-order valence-electron chi connectivity index (χ4n) is 2.99. The summed E-state index contributed by atoms with van der Waals surface area (Å²) in [6, 6.07) is 8.07. The molecule has 23 heavy (non-hydrogen) atoms. The predicted molar refractivity (Wildman–Crippen MR) is 91.9 cm³/mol. The highest BCUT2D eigenvalue weighted by molar-refractivity contribution is 5.78. The molecule has 1 aliphatic heterocycles. The lowest BCUT2D eigenvalue weighted by Gasteiger charge is -2.31. The van der Waals surface area contributed by atoms with Gasteiger partial charge in [0.1, 0.15) is 0 Å². The van der Waals surface area contributed by atoms with Crippen molar-refractivity contribution >= 4 is 11.8 Å². The molecule has 126 valence electrons. The molecule has 1 heterocycles. The van der Waals surface area contributed by atoms with E-state index >= 15 is 0 Å². The summed E-state index contributed by atoms with van der Waals surface area (Å²) in [5.41, 5.74) is 2.32. The van der Waals surface area contributed by atoms with Crippen LogP contribution in [0.25, 0.3) is 0 Å². The van der Waals surface area contributed by atoms with Gasteiger partial charge in [0.15, 0.2) is 0 Å². The number of rotatable bonds is 5. The Morgan fingerprint density at radius 2 is 1.87 bits per heavy atom. The smallest absolute Gasteiger partial charge is 0.224 e. The van der Waals surface area contributed by atoms with Crippen molar-refractivity contribution in [3.63, 3.8) is 0 Å². The first-order valence-corrected chi connectivity index (χ1v) is 8.55.